The quantitative estimate of drug-likeness (QED) is 0.637. The van der Waals surface area contributed by atoms with Crippen molar-refractivity contribution in [3.05, 3.63) is 46.0 Å². The van der Waals surface area contributed by atoms with Crippen molar-refractivity contribution in [1.29, 1.82) is 0 Å². The summed E-state index contributed by atoms with van der Waals surface area (Å²) in [5.41, 5.74) is 4.26. The average Bonchev–Trinajstić information content (AvgIpc) is 3.36. The minimum atomic E-state index is -0.231. The lowest BCUT2D eigenvalue weighted by Gasteiger charge is -2.32. The van der Waals surface area contributed by atoms with Crippen LogP contribution in [0, 0.1) is 33.6 Å². The van der Waals surface area contributed by atoms with E-state index in [1.807, 2.05) is 39.1 Å². The zero-order valence-electron chi connectivity index (χ0n) is 18.8. The smallest absolute Gasteiger partial charge is 0.251 e. The molecule has 4 heterocycles. The number of thiazole rings is 1. The topological polar surface area (TPSA) is 106 Å². The van der Waals surface area contributed by atoms with Crippen molar-refractivity contribution in [2.24, 2.45) is 5.92 Å². The highest BCUT2D eigenvalue weighted by atomic mass is 32.1. The maximum Gasteiger partial charge on any atom is 0.251 e. The van der Waals surface area contributed by atoms with Gasteiger partial charge in [0.05, 0.1) is 18.0 Å². The third-order valence-electron chi connectivity index (χ3n) is 5.74. The Labute approximate surface area is 190 Å². The molecule has 1 N–H and O–H groups in total. The number of anilines is 1. The van der Waals surface area contributed by atoms with Gasteiger partial charge in [0.2, 0.25) is 11.8 Å². The van der Waals surface area contributed by atoms with E-state index >= 15 is 0 Å². The maximum atomic E-state index is 13.1. The summed E-state index contributed by atoms with van der Waals surface area (Å²) in [6, 6.07) is 1.91. The molecule has 9 nitrogen and oxygen atoms in total. The van der Waals surface area contributed by atoms with Crippen molar-refractivity contribution in [1.82, 2.24) is 29.6 Å². The Hall–Kier alpha value is -3.14. The number of amides is 2. The van der Waals surface area contributed by atoms with Crippen LogP contribution in [0.15, 0.2) is 17.6 Å². The fraction of sp³-hybridized carbons (Fsp3) is 0.455. The molecule has 1 atom stereocenters. The van der Waals surface area contributed by atoms with E-state index in [2.05, 4.69) is 25.4 Å². The second kappa shape index (κ2) is 9.15. The minimum Gasteiger partial charge on any atom is -0.342 e. The number of hydrogen-bond donors (Lipinski definition) is 1. The minimum absolute atomic E-state index is 0.00356. The van der Waals surface area contributed by atoms with Gasteiger partial charge in [-0.15, -0.1) is 11.3 Å². The van der Waals surface area contributed by atoms with Crippen molar-refractivity contribution in [2.45, 2.75) is 47.0 Å². The molecule has 0 bridgehead atoms. The highest BCUT2D eigenvalue weighted by Gasteiger charge is 2.30. The van der Waals surface area contributed by atoms with Crippen molar-refractivity contribution in [3.63, 3.8) is 0 Å². The van der Waals surface area contributed by atoms with Gasteiger partial charge in [-0.2, -0.15) is 5.10 Å². The molecule has 0 saturated carbocycles. The normalized spacial score (nSPS) is 16.2. The Morgan fingerprint density at radius 1 is 1.19 bits per heavy atom. The van der Waals surface area contributed by atoms with E-state index in [9.17, 15) is 9.59 Å². The van der Waals surface area contributed by atoms with Crippen LogP contribution < -0.4 is 5.32 Å². The second-order valence-corrected chi connectivity index (χ2v) is 9.09. The van der Waals surface area contributed by atoms with Gasteiger partial charge in [0.25, 0.3) is 5.95 Å². The van der Waals surface area contributed by atoms with E-state index in [-0.39, 0.29) is 24.2 Å². The van der Waals surface area contributed by atoms with Gasteiger partial charge in [-0.3, -0.25) is 9.59 Å². The molecule has 4 rings (SSSR count). The van der Waals surface area contributed by atoms with Crippen molar-refractivity contribution < 1.29 is 9.59 Å². The molecule has 1 aliphatic rings. The molecule has 0 radical (unpaired) electrons. The third kappa shape index (κ3) is 4.69. The van der Waals surface area contributed by atoms with E-state index < -0.39 is 0 Å². The summed E-state index contributed by atoms with van der Waals surface area (Å²) in [5.74, 6) is 0.206. The van der Waals surface area contributed by atoms with Crippen LogP contribution in [0.1, 0.15) is 41.2 Å². The first-order valence-corrected chi connectivity index (χ1v) is 11.6. The lowest BCUT2D eigenvalue weighted by atomic mass is 9.96. The first-order valence-electron chi connectivity index (χ1n) is 10.7. The van der Waals surface area contributed by atoms with Gasteiger partial charge < -0.3 is 10.2 Å². The van der Waals surface area contributed by atoms with Crippen LogP contribution >= 0.6 is 11.3 Å². The van der Waals surface area contributed by atoms with Crippen LogP contribution in [0.2, 0.25) is 0 Å². The van der Waals surface area contributed by atoms with Crippen molar-refractivity contribution >= 4 is 28.3 Å². The fourth-order valence-electron chi connectivity index (χ4n) is 4.10. The lowest BCUT2D eigenvalue weighted by Crippen LogP contribution is -2.44. The number of nitrogens with one attached hydrogen (secondary N) is 1. The third-order valence-corrected chi connectivity index (χ3v) is 6.42. The van der Waals surface area contributed by atoms with Gasteiger partial charge in [-0.1, -0.05) is 0 Å². The fourth-order valence-corrected chi connectivity index (χ4v) is 4.63. The largest absolute Gasteiger partial charge is 0.342 e. The number of hydrogen-bond acceptors (Lipinski definition) is 7. The van der Waals surface area contributed by atoms with E-state index in [1.165, 1.54) is 11.3 Å². The summed E-state index contributed by atoms with van der Waals surface area (Å²) in [7, 11) is 0. The number of likely N-dealkylation sites (tertiary alicyclic amines) is 1. The van der Waals surface area contributed by atoms with Gasteiger partial charge in [-0.05, 0) is 46.6 Å². The Bertz CT molecular complexity index is 1120. The molecule has 0 aromatic carbocycles. The van der Waals surface area contributed by atoms with Crippen LogP contribution in [0.25, 0.3) is 5.95 Å². The highest BCUT2D eigenvalue weighted by molar-refractivity contribution is 7.13. The number of carbonyl (C=O) groups excluding carboxylic acids is 2. The molecule has 1 aliphatic heterocycles. The molecule has 1 unspecified atom stereocenters. The molecule has 1 fully saturated rings. The van der Waals surface area contributed by atoms with E-state index in [4.69, 9.17) is 0 Å². The molecule has 3 aromatic heterocycles. The Morgan fingerprint density at radius 3 is 2.62 bits per heavy atom. The van der Waals surface area contributed by atoms with Crippen LogP contribution in [0.4, 0.5) is 5.13 Å². The monoisotopic (exact) mass is 453 g/mol. The van der Waals surface area contributed by atoms with E-state index in [0.717, 1.165) is 41.2 Å². The zero-order chi connectivity index (χ0) is 22.8. The van der Waals surface area contributed by atoms with Gasteiger partial charge in [0, 0.05) is 47.3 Å². The van der Waals surface area contributed by atoms with Crippen LogP contribution in [0.5, 0.6) is 0 Å². The molecule has 3 aromatic rings. The molecular formula is C22H27N7O2S. The number of piperidine rings is 1. The van der Waals surface area contributed by atoms with Crippen molar-refractivity contribution in [2.75, 3.05) is 18.4 Å². The zero-order valence-corrected chi connectivity index (χ0v) is 19.6. The first-order chi connectivity index (χ1) is 15.3. The Balaban J connectivity index is 1.46. The molecule has 168 valence electrons. The predicted octanol–water partition coefficient (Wildman–Crippen LogP) is 2.77. The summed E-state index contributed by atoms with van der Waals surface area (Å²) >= 11 is 1.39. The number of nitrogens with zero attached hydrogens (tertiary/aromatic N) is 6. The molecule has 0 spiro atoms. The SMILES string of the molecule is Cc1cc(C)nc(-n2nc(C)c(CC(=O)N3CCCC(C(=O)Nc4nccs4)C3)c2C)n1. The van der Waals surface area contributed by atoms with Crippen LogP contribution in [0.3, 0.4) is 0 Å². The average molecular weight is 454 g/mol. The van der Waals surface area contributed by atoms with Gasteiger partial charge in [-0.25, -0.2) is 19.6 Å². The van der Waals surface area contributed by atoms with Gasteiger partial charge in [0.15, 0.2) is 5.13 Å². The summed E-state index contributed by atoms with van der Waals surface area (Å²) < 4.78 is 1.71. The van der Waals surface area contributed by atoms with E-state index in [0.29, 0.717) is 24.2 Å². The van der Waals surface area contributed by atoms with E-state index in [1.54, 1.807) is 15.8 Å². The standard InChI is InChI=1S/C22H27N7O2S/c1-13-10-14(2)25-21(24-13)29-16(4)18(15(3)27-29)11-19(30)28-8-5-6-17(12-28)20(31)26-22-23-7-9-32-22/h7,9-10,17H,5-6,8,11-12H2,1-4H3,(H,23,26,31). The molecule has 2 amide bonds. The molecule has 32 heavy (non-hydrogen) atoms. The van der Waals surface area contributed by atoms with Crippen LogP contribution in [-0.2, 0) is 16.0 Å². The summed E-state index contributed by atoms with van der Waals surface area (Å²) in [6.45, 7) is 8.76. The number of aryl methyl sites for hydroxylation is 3. The summed E-state index contributed by atoms with van der Waals surface area (Å²) in [6.07, 6.45) is 3.46. The summed E-state index contributed by atoms with van der Waals surface area (Å²) in [4.78, 5) is 40.6. The molecule has 1 saturated heterocycles. The van der Waals surface area contributed by atoms with Crippen molar-refractivity contribution in [3.8, 4) is 5.95 Å². The Morgan fingerprint density at radius 2 is 1.94 bits per heavy atom. The molecule has 0 aliphatic carbocycles. The number of carbonyl (C=O) groups is 2. The second-order valence-electron chi connectivity index (χ2n) is 8.19. The first kappa shape index (κ1) is 22.1. The number of rotatable bonds is 5. The van der Waals surface area contributed by atoms with Crippen LogP contribution in [-0.4, -0.2) is 54.5 Å². The van der Waals surface area contributed by atoms with Gasteiger partial charge >= 0.3 is 0 Å². The number of aromatic nitrogens is 5. The summed E-state index contributed by atoms with van der Waals surface area (Å²) in [5, 5.41) is 9.86. The highest BCUT2D eigenvalue weighted by Crippen LogP contribution is 2.22. The predicted molar refractivity (Wildman–Crippen MR) is 122 cm³/mol. The molecular weight excluding hydrogens is 426 g/mol. The Kier molecular flexibility index (Phi) is 6.31. The maximum absolute atomic E-state index is 13.1. The molecule has 10 heteroatoms. The lowest BCUT2D eigenvalue weighted by molar-refractivity contribution is -0.134. The van der Waals surface area contributed by atoms with Gasteiger partial charge in [0.1, 0.15) is 0 Å².